The molecule has 0 aliphatic carbocycles. The van der Waals surface area contributed by atoms with Gasteiger partial charge in [0.25, 0.3) is 0 Å². The van der Waals surface area contributed by atoms with Crippen molar-refractivity contribution >= 4 is 0 Å². The van der Waals surface area contributed by atoms with Crippen molar-refractivity contribution in [2.24, 2.45) is 5.92 Å². The summed E-state index contributed by atoms with van der Waals surface area (Å²) in [5.41, 5.74) is 0. The Hall–Kier alpha value is -1.18. The van der Waals surface area contributed by atoms with E-state index in [-0.39, 0.29) is 0 Å². The highest BCUT2D eigenvalue weighted by molar-refractivity contribution is 5.01. The molecule has 0 radical (unpaired) electrons. The lowest BCUT2D eigenvalue weighted by molar-refractivity contribution is 0.333. The molecule has 0 spiro atoms. The van der Waals surface area contributed by atoms with Crippen LogP contribution in [0.25, 0.3) is 0 Å². The molecule has 0 aliphatic heterocycles. The van der Waals surface area contributed by atoms with Crippen LogP contribution in [-0.4, -0.2) is 7.11 Å². The summed E-state index contributed by atoms with van der Waals surface area (Å²) in [6.07, 6.45) is 6.34. The SMILES string of the molecule is CO/C=C/C(C)Cc1ccco1. The van der Waals surface area contributed by atoms with Gasteiger partial charge in [0.2, 0.25) is 0 Å². The van der Waals surface area contributed by atoms with Crippen molar-refractivity contribution in [3.8, 4) is 0 Å². The molecule has 1 atom stereocenters. The molecule has 0 saturated heterocycles. The molecule has 1 aromatic heterocycles. The van der Waals surface area contributed by atoms with Crippen molar-refractivity contribution in [3.63, 3.8) is 0 Å². The van der Waals surface area contributed by atoms with Gasteiger partial charge in [-0.3, -0.25) is 0 Å². The van der Waals surface area contributed by atoms with E-state index in [1.165, 1.54) is 0 Å². The normalized spacial score (nSPS) is 13.5. The maximum absolute atomic E-state index is 5.21. The summed E-state index contributed by atoms with van der Waals surface area (Å²) >= 11 is 0. The van der Waals surface area contributed by atoms with Crippen molar-refractivity contribution in [2.45, 2.75) is 13.3 Å². The third-order valence-corrected chi connectivity index (χ3v) is 1.65. The topological polar surface area (TPSA) is 22.4 Å². The quantitative estimate of drug-likeness (QED) is 0.641. The lowest BCUT2D eigenvalue weighted by Crippen LogP contribution is -1.94. The van der Waals surface area contributed by atoms with Crippen LogP contribution in [-0.2, 0) is 11.2 Å². The van der Waals surface area contributed by atoms with Crippen molar-refractivity contribution in [2.75, 3.05) is 7.11 Å². The first-order chi connectivity index (χ1) is 5.83. The molecule has 0 saturated carbocycles. The van der Waals surface area contributed by atoms with Crippen LogP contribution in [0, 0.1) is 5.92 Å². The molecule has 1 unspecified atom stereocenters. The molecule has 1 rings (SSSR count). The van der Waals surface area contributed by atoms with E-state index in [1.54, 1.807) is 19.6 Å². The molecule has 0 fully saturated rings. The summed E-state index contributed by atoms with van der Waals surface area (Å²) in [6.45, 7) is 2.12. The molecule has 1 heterocycles. The average molecular weight is 166 g/mol. The summed E-state index contributed by atoms with van der Waals surface area (Å²) in [6, 6.07) is 3.89. The molecule has 12 heavy (non-hydrogen) atoms. The van der Waals surface area contributed by atoms with Gasteiger partial charge in [-0.1, -0.05) is 6.92 Å². The monoisotopic (exact) mass is 166 g/mol. The minimum Gasteiger partial charge on any atom is -0.505 e. The third-order valence-electron chi connectivity index (χ3n) is 1.65. The van der Waals surface area contributed by atoms with Crippen LogP contribution in [0.5, 0.6) is 0 Å². The first-order valence-corrected chi connectivity index (χ1v) is 4.04. The van der Waals surface area contributed by atoms with Gasteiger partial charge in [0.05, 0.1) is 19.6 Å². The van der Waals surface area contributed by atoms with E-state index < -0.39 is 0 Å². The molecule has 0 amide bonds. The van der Waals surface area contributed by atoms with Gasteiger partial charge in [0.15, 0.2) is 0 Å². The number of hydrogen-bond acceptors (Lipinski definition) is 2. The van der Waals surface area contributed by atoms with E-state index in [0.29, 0.717) is 5.92 Å². The van der Waals surface area contributed by atoms with Crippen LogP contribution in [0.1, 0.15) is 12.7 Å². The van der Waals surface area contributed by atoms with Crippen LogP contribution < -0.4 is 0 Å². The van der Waals surface area contributed by atoms with Crippen LogP contribution >= 0.6 is 0 Å². The molecular weight excluding hydrogens is 152 g/mol. The molecule has 2 heteroatoms. The summed E-state index contributed by atoms with van der Waals surface area (Å²) in [5.74, 6) is 1.47. The number of furan rings is 1. The fourth-order valence-electron chi connectivity index (χ4n) is 1.03. The predicted octanol–water partition coefficient (Wildman–Crippen LogP) is 2.62. The maximum atomic E-state index is 5.21. The molecule has 0 aromatic carbocycles. The molecule has 0 aliphatic rings. The minimum atomic E-state index is 0.455. The Morgan fingerprint density at radius 3 is 3.08 bits per heavy atom. The molecule has 0 bridgehead atoms. The molecular formula is C10H14O2. The summed E-state index contributed by atoms with van der Waals surface area (Å²) in [7, 11) is 1.65. The van der Waals surface area contributed by atoms with Gasteiger partial charge in [-0.05, 0) is 24.1 Å². The second kappa shape index (κ2) is 4.65. The van der Waals surface area contributed by atoms with Crippen LogP contribution in [0.4, 0.5) is 0 Å². The van der Waals surface area contributed by atoms with Gasteiger partial charge in [-0.25, -0.2) is 0 Å². The maximum Gasteiger partial charge on any atom is 0.104 e. The first kappa shape index (κ1) is 8.91. The summed E-state index contributed by atoms with van der Waals surface area (Å²) < 4.78 is 10.0. The molecule has 1 aromatic rings. The number of allylic oxidation sites excluding steroid dienone is 1. The standard InChI is InChI=1S/C10H14O2/c1-9(5-7-11-2)8-10-4-3-6-12-10/h3-7,9H,8H2,1-2H3/b7-5+. The van der Waals surface area contributed by atoms with E-state index in [9.17, 15) is 0 Å². The lowest BCUT2D eigenvalue weighted by Gasteiger charge is -2.01. The number of ether oxygens (including phenoxy) is 1. The zero-order chi connectivity index (χ0) is 8.81. The summed E-state index contributed by atoms with van der Waals surface area (Å²) in [5, 5.41) is 0. The Morgan fingerprint density at radius 1 is 1.67 bits per heavy atom. The van der Waals surface area contributed by atoms with Crippen molar-refractivity contribution in [1.82, 2.24) is 0 Å². The van der Waals surface area contributed by atoms with E-state index in [1.807, 2.05) is 18.2 Å². The number of hydrogen-bond donors (Lipinski definition) is 0. The fourth-order valence-corrected chi connectivity index (χ4v) is 1.03. The van der Waals surface area contributed by atoms with Crippen molar-refractivity contribution < 1.29 is 9.15 Å². The van der Waals surface area contributed by atoms with E-state index in [4.69, 9.17) is 9.15 Å². The highest BCUT2D eigenvalue weighted by Crippen LogP contribution is 2.09. The Bertz CT molecular complexity index is 224. The minimum absolute atomic E-state index is 0.455. The number of rotatable bonds is 4. The largest absolute Gasteiger partial charge is 0.505 e. The fraction of sp³-hybridized carbons (Fsp3) is 0.400. The Labute approximate surface area is 72.8 Å². The first-order valence-electron chi connectivity index (χ1n) is 4.04. The van der Waals surface area contributed by atoms with Crippen LogP contribution in [0.2, 0.25) is 0 Å². The number of methoxy groups -OCH3 is 1. The highest BCUT2D eigenvalue weighted by atomic mass is 16.5. The smallest absolute Gasteiger partial charge is 0.104 e. The van der Waals surface area contributed by atoms with Gasteiger partial charge in [0, 0.05) is 6.42 Å². The zero-order valence-electron chi connectivity index (χ0n) is 7.49. The average Bonchev–Trinajstić information content (AvgIpc) is 2.53. The molecule has 0 N–H and O–H groups in total. The van der Waals surface area contributed by atoms with Crippen LogP contribution in [0.15, 0.2) is 35.2 Å². The second-order valence-corrected chi connectivity index (χ2v) is 2.83. The van der Waals surface area contributed by atoms with Gasteiger partial charge >= 0.3 is 0 Å². The van der Waals surface area contributed by atoms with Gasteiger partial charge in [0.1, 0.15) is 5.76 Å². The van der Waals surface area contributed by atoms with Gasteiger partial charge in [-0.2, -0.15) is 0 Å². The van der Waals surface area contributed by atoms with Gasteiger partial charge < -0.3 is 9.15 Å². The Balaban J connectivity index is 2.36. The van der Waals surface area contributed by atoms with E-state index >= 15 is 0 Å². The van der Waals surface area contributed by atoms with Gasteiger partial charge in [-0.15, -0.1) is 0 Å². The third kappa shape index (κ3) is 2.82. The van der Waals surface area contributed by atoms with Crippen molar-refractivity contribution in [3.05, 3.63) is 36.5 Å². The highest BCUT2D eigenvalue weighted by Gasteiger charge is 2.01. The second-order valence-electron chi connectivity index (χ2n) is 2.83. The van der Waals surface area contributed by atoms with Crippen molar-refractivity contribution in [1.29, 1.82) is 0 Å². The Kier molecular flexibility index (Phi) is 3.45. The van der Waals surface area contributed by atoms with Crippen LogP contribution in [0.3, 0.4) is 0 Å². The lowest BCUT2D eigenvalue weighted by atomic mass is 10.1. The molecule has 66 valence electrons. The Morgan fingerprint density at radius 2 is 2.50 bits per heavy atom. The molecule has 2 nitrogen and oxygen atoms in total. The summed E-state index contributed by atoms with van der Waals surface area (Å²) in [4.78, 5) is 0. The predicted molar refractivity (Wildman–Crippen MR) is 47.7 cm³/mol. The zero-order valence-corrected chi connectivity index (χ0v) is 7.49. The van der Waals surface area contributed by atoms with E-state index in [2.05, 4.69) is 6.92 Å². The van der Waals surface area contributed by atoms with E-state index in [0.717, 1.165) is 12.2 Å².